The van der Waals surface area contributed by atoms with Gasteiger partial charge in [0.25, 0.3) is 0 Å². The second-order valence-corrected chi connectivity index (χ2v) is 3.49. The summed E-state index contributed by atoms with van der Waals surface area (Å²) in [7, 11) is 0. The smallest absolute Gasteiger partial charge is 0.128 e. The van der Waals surface area contributed by atoms with Crippen LogP contribution in [0.2, 0.25) is 0 Å². The summed E-state index contributed by atoms with van der Waals surface area (Å²) in [6.07, 6.45) is 1.29. The number of pyridine rings is 1. The molecule has 1 aromatic carbocycles. The van der Waals surface area contributed by atoms with Gasteiger partial charge in [-0.25, -0.2) is 0 Å². The normalized spacial score (nSPS) is 12.7. The first-order chi connectivity index (χ1) is 7.27. The van der Waals surface area contributed by atoms with E-state index in [0.29, 0.717) is 6.61 Å². The second kappa shape index (κ2) is 4.28. The van der Waals surface area contributed by atoms with Crippen molar-refractivity contribution in [2.24, 2.45) is 0 Å². The molecular formula is C12H13NO2. The fourth-order valence-electron chi connectivity index (χ4n) is 1.41. The highest BCUT2D eigenvalue weighted by molar-refractivity contribution is 5.84. The molecule has 0 fully saturated rings. The van der Waals surface area contributed by atoms with Crippen molar-refractivity contribution in [1.82, 2.24) is 4.98 Å². The Morgan fingerprint density at radius 2 is 2.20 bits per heavy atom. The lowest BCUT2D eigenvalue weighted by Gasteiger charge is -2.09. The van der Waals surface area contributed by atoms with Gasteiger partial charge in [-0.2, -0.15) is 0 Å². The molecule has 2 rings (SSSR count). The van der Waals surface area contributed by atoms with Gasteiger partial charge in [0.2, 0.25) is 0 Å². The van der Waals surface area contributed by atoms with Crippen molar-refractivity contribution in [2.75, 3.05) is 6.61 Å². The zero-order valence-corrected chi connectivity index (χ0v) is 8.55. The Morgan fingerprint density at radius 1 is 1.33 bits per heavy atom. The zero-order valence-electron chi connectivity index (χ0n) is 8.55. The van der Waals surface area contributed by atoms with Crippen molar-refractivity contribution in [3.63, 3.8) is 0 Å². The summed E-state index contributed by atoms with van der Waals surface area (Å²) in [5.74, 6) is 0.765. The van der Waals surface area contributed by atoms with Crippen LogP contribution < -0.4 is 4.74 Å². The maximum atomic E-state index is 9.15. The van der Waals surface area contributed by atoms with Gasteiger partial charge in [0.15, 0.2) is 0 Å². The van der Waals surface area contributed by atoms with Crippen LogP contribution in [-0.4, -0.2) is 22.8 Å². The van der Waals surface area contributed by atoms with Crippen LogP contribution >= 0.6 is 0 Å². The van der Waals surface area contributed by atoms with Gasteiger partial charge in [0.05, 0.1) is 11.6 Å². The van der Waals surface area contributed by atoms with Gasteiger partial charge in [0.1, 0.15) is 12.4 Å². The summed E-state index contributed by atoms with van der Waals surface area (Å²) < 4.78 is 5.49. The van der Waals surface area contributed by atoms with E-state index >= 15 is 0 Å². The van der Waals surface area contributed by atoms with E-state index in [4.69, 9.17) is 9.84 Å². The molecule has 2 aromatic rings. The Labute approximate surface area is 88.3 Å². The van der Waals surface area contributed by atoms with Crippen molar-refractivity contribution in [2.45, 2.75) is 13.0 Å². The number of rotatable bonds is 3. The molecule has 1 heterocycles. The van der Waals surface area contributed by atoms with Crippen molar-refractivity contribution >= 4 is 10.9 Å². The van der Waals surface area contributed by atoms with Crippen LogP contribution in [-0.2, 0) is 0 Å². The molecule has 0 amide bonds. The molecule has 0 aliphatic carbocycles. The van der Waals surface area contributed by atoms with Crippen LogP contribution in [0, 0.1) is 0 Å². The van der Waals surface area contributed by atoms with Gasteiger partial charge in [-0.3, -0.25) is 4.98 Å². The fraction of sp³-hybridized carbons (Fsp3) is 0.250. The molecule has 0 aliphatic heterocycles. The third kappa shape index (κ3) is 2.25. The van der Waals surface area contributed by atoms with E-state index in [0.717, 1.165) is 16.7 Å². The molecular weight excluding hydrogens is 190 g/mol. The lowest BCUT2D eigenvalue weighted by Crippen LogP contribution is -2.12. The predicted molar refractivity (Wildman–Crippen MR) is 58.9 cm³/mol. The molecule has 0 radical (unpaired) electrons. The molecule has 0 saturated heterocycles. The summed E-state index contributed by atoms with van der Waals surface area (Å²) in [6, 6.07) is 9.54. The average molecular weight is 203 g/mol. The molecule has 15 heavy (non-hydrogen) atoms. The monoisotopic (exact) mass is 203 g/mol. The number of ether oxygens (including phenoxy) is 1. The molecule has 0 saturated carbocycles. The SMILES string of the molecule is CC(O)COc1cccc2ncccc12. The molecule has 78 valence electrons. The van der Waals surface area contributed by atoms with Crippen molar-refractivity contribution in [1.29, 1.82) is 0 Å². The first kappa shape index (κ1) is 9.93. The topological polar surface area (TPSA) is 42.4 Å². The highest BCUT2D eigenvalue weighted by atomic mass is 16.5. The number of nitrogens with zero attached hydrogens (tertiary/aromatic N) is 1. The van der Waals surface area contributed by atoms with E-state index < -0.39 is 6.10 Å². The molecule has 0 spiro atoms. The van der Waals surface area contributed by atoms with Crippen molar-refractivity contribution < 1.29 is 9.84 Å². The molecule has 3 nitrogen and oxygen atoms in total. The summed E-state index contributed by atoms with van der Waals surface area (Å²) in [5.41, 5.74) is 0.903. The minimum absolute atomic E-state index is 0.300. The maximum absolute atomic E-state index is 9.15. The van der Waals surface area contributed by atoms with E-state index in [1.807, 2.05) is 30.3 Å². The van der Waals surface area contributed by atoms with Crippen LogP contribution in [0.3, 0.4) is 0 Å². The third-order valence-corrected chi connectivity index (χ3v) is 2.09. The zero-order chi connectivity index (χ0) is 10.7. The van der Waals surface area contributed by atoms with Crippen molar-refractivity contribution in [3.8, 4) is 5.75 Å². The minimum Gasteiger partial charge on any atom is -0.490 e. The predicted octanol–water partition coefficient (Wildman–Crippen LogP) is 1.99. The van der Waals surface area contributed by atoms with Gasteiger partial charge < -0.3 is 9.84 Å². The summed E-state index contributed by atoms with van der Waals surface area (Å²) in [4.78, 5) is 4.23. The van der Waals surface area contributed by atoms with Crippen LogP contribution in [0.25, 0.3) is 10.9 Å². The molecule has 3 heteroatoms. The molecule has 1 aromatic heterocycles. The van der Waals surface area contributed by atoms with Gasteiger partial charge in [-0.05, 0) is 31.2 Å². The summed E-state index contributed by atoms with van der Waals surface area (Å²) in [5, 5.41) is 10.1. The van der Waals surface area contributed by atoms with Crippen LogP contribution in [0.4, 0.5) is 0 Å². The third-order valence-electron chi connectivity index (χ3n) is 2.09. The van der Waals surface area contributed by atoms with E-state index in [1.54, 1.807) is 13.1 Å². The lowest BCUT2D eigenvalue weighted by molar-refractivity contribution is 0.123. The fourth-order valence-corrected chi connectivity index (χ4v) is 1.41. The Hall–Kier alpha value is -1.61. The average Bonchev–Trinajstić information content (AvgIpc) is 2.26. The van der Waals surface area contributed by atoms with Gasteiger partial charge in [-0.1, -0.05) is 6.07 Å². The highest BCUT2D eigenvalue weighted by Gasteiger charge is 2.03. The van der Waals surface area contributed by atoms with Gasteiger partial charge in [0, 0.05) is 11.6 Å². The van der Waals surface area contributed by atoms with E-state index in [-0.39, 0.29) is 0 Å². The lowest BCUT2D eigenvalue weighted by atomic mass is 10.2. The van der Waals surface area contributed by atoms with E-state index in [9.17, 15) is 0 Å². The van der Waals surface area contributed by atoms with Gasteiger partial charge >= 0.3 is 0 Å². The van der Waals surface area contributed by atoms with Gasteiger partial charge in [-0.15, -0.1) is 0 Å². The summed E-state index contributed by atoms with van der Waals surface area (Å²) in [6.45, 7) is 2.00. The number of hydrogen-bond acceptors (Lipinski definition) is 3. The molecule has 0 aliphatic rings. The second-order valence-electron chi connectivity index (χ2n) is 3.49. The molecule has 1 unspecified atom stereocenters. The van der Waals surface area contributed by atoms with Crippen LogP contribution in [0.5, 0.6) is 5.75 Å². The molecule has 0 bridgehead atoms. The van der Waals surface area contributed by atoms with E-state index in [2.05, 4.69) is 4.98 Å². The Morgan fingerprint density at radius 3 is 3.00 bits per heavy atom. The largest absolute Gasteiger partial charge is 0.490 e. The molecule has 1 N–H and O–H groups in total. The molecule has 1 atom stereocenters. The highest BCUT2D eigenvalue weighted by Crippen LogP contribution is 2.23. The van der Waals surface area contributed by atoms with E-state index in [1.165, 1.54) is 0 Å². The number of fused-ring (bicyclic) bond motifs is 1. The first-order valence-electron chi connectivity index (χ1n) is 4.92. The Balaban J connectivity index is 2.34. The number of aliphatic hydroxyl groups excluding tert-OH is 1. The quantitative estimate of drug-likeness (QED) is 0.829. The Bertz CT molecular complexity index is 449. The standard InChI is InChI=1S/C12H13NO2/c1-9(14)8-15-12-6-2-5-11-10(12)4-3-7-13-11/h2-7,9,14H,8H2,1H3. The van der Waals surface area contributed by atoms with Crippen LogP contribution in [0.15, 0.2) is 36.5 Å². The number of benzene rings is 1. The number of aliphatic hydroxyl groups is 1. The number of aromatic nitrogens is 1. The Kier molecular flexibility index (Phi) is 2.83. The number of hydrogen-bond donors (Lipinski definition) is 1. The van der Waals surface area contributed by atoms with Crippen molar-refractivity contribution in [3.05, 3.63) is 36.5 Å². The minimum atomic E-state index is -0.461. The first-order valence-corrected chi connectivity index (χ1v) is 4.92. The maximum Gasteiger partial charge on any atom is 0.128 e. The van der Waals surface area contributed by atoms with Crippen LogP contribution in [0.1, 0.15) is 6.92 Å². The summed E-state index contributed by atoms with van der Waals surface area (Å²) >= 11 is 0.